The lowest BCUT2D eigenvalue weighted by atomic mass is 10.2. The smallest absolute Gasteiger partial charge is 0.394 e. The summed E-state index contributed by atoms with van der Waals surface area (Å²) in [4.78, 5) is 7.42. The van der Waals surface area contributed by atoms with Crippen molar-refractivity contribution in [2.45, 2.75) is 6.18 Å². The predicted octanol–water partition coefficient (Wildman–Crippen LogP) is 4.13. The molecule has 0 aliphatic rings. The van der Waals surface area contributed by atoms with E-state index in [1.165, 1.54) is 12.3 Å². The molecule has 0 amide bonds. The lowest BCUT2D eigenvalue weighted by Gasteiger charge is -2.12. The molecule has 0 spiro atoms. The number of nitrogens with one attached hydrogen (secondary N) is 1. The number of alkyl halides is 3. The Balaban J connectivity index is 2.39. The van der Waals surface area contributed by atoms with E-state index in [0.29, 0.717) is 0 Å². The Bertz CT molecular complexity index is 646. The SMILES string of the molecule is Nc1cnc(Cl)nc1Nc1cc(Cl)cc(C(F)(F)F)c1. The van der Waals surface area contributed by atoms with E-state index in [0.717, 1.165) is 12.1 Å². The lowest BCUT2D eigenvalue weighted by molar-refractivity contribution is -0.137. The van der Waals surface area contributed by atoms with Crippen molar-refractivity contribution in [3.63, 3.8) is 0 Å². The second-order valence-electron chi connectivity index (χ2n) is 3.79. The fourth-order valence-corrected chi connectivity index (χ4v) is 1.80. The summed E-state index contributed by atoms with van der Waals surface area (Å²) in [6.07, 6.45) is -3.26. The fourth-order valence-electron chi connectivity index (χ4n) is 1.43. The summed E-state index contributed by atoms with van der Waals surface area (Å²) in [5.74, 6) is 0.0976. The first kappa shape index (κ1) is 14.7. The average molecular weight is 323 g/mol. The average Bonchev–Trinajstić information content (AvgIpc) is 2.32. The van der Waals surface area contributed by atoms with E-state index < -0.39 is 11.7 Å². The Morgan fingerprint density at radius 1 is 1.15 bits per heavy atom. The van der Waals surface area contributed by atoms with E-state index in [4.69, 9.17) is 28.9 Å². The highest BCUT2D eigenvalue weighted by molar-refractivity contribution is 6.31. The van der Waals surface area contributed by atoms with E-state index >= 15 is 0 Å². The van der Waals surface area contributed by atoms with Crippen LogP contribution in [0.1, 0.15) is 5.56 Å². The van der Waals surface area contributed by atoms with Crippen LogP contribution in [0.4, 0.5) is 30.4 Å². The number of nitrogens with zero attached hydrogens (tertiary/aromatic N) is 2. The molecule has 0 saturated heterocycles. The summed E-state index contributed by atoms with van der Waals surface area (Å²) in [7, 11) is 0. The van der Waals surface area contributed by atoms with Crippen molar-refractivity contribution < 1.29 is 13.2 Å². The zero-order chi connectivity index (χ0) is 14.9. The van der Waals surface area contributed by atoms with Crippen molar-refractivity contribution in [2.24, 2.45) is 0 Å². The summed E-state index contributed by atoms with van der Waals surface area (Å²) in [5.41, 5.74) is 4.95. The Labute approximate surface area is 121 Å². The second-order valence-corrected chi connectivity index (χ2v) is 4.57. The second kappa shape index (κ2) is 5.34. The van der Waals surface area contributed by atoms with Crippen molar-refractivity contribution in [2.75, 3.05) is 11.1 Å². The largest absolute Gasteiger partial charge is 0.416 e. The van der Waals surface area contributed by atoms with Crippen LogP contribution in [-0.2, 0) is 6.18 Å². The minimum absolute atomic E-state index is 0.0685. The van der Waals surface area contributed by atoms with E-state index in [1.54, 1.807) is 0 Å². The Morgan fingerprint density at radius 3 is 2.50 bits per heavy atom. The third-order valence-corrected chi connectivity index (χ3v) is 2.68. The molecule has 3 N–H and O–H groups in total. The maximum atomic E-state index is 12.7. The lowest BCUT2D eigenvalue weighted by Crippen LogP contribution is -2.06. The highest BCUT2D eigenvalue weighted by Crippen LogP contribution is 2.34. The van der Waals surface area contributed by atoms with Gasteiger partial charge in [0.25, 0.3) is 0 Å². The van der Waals surface area contributed by atoms with Crippen molar-refractivity contribution in [3.05, 3.63) is 40.3 Å². The topological polar surface area (TPSA) is 63.8 Å². The third-order valence-electron chi connectivity index (χ3n) is 2.28. The maximum absolute atomic E-state index is 12.7. The molecule has 0 aliphatic carbocycles. The van der Waals surface area contributed by atoms with E-state index in [9.17, 15) is 13.2 Å². The van der Waals surface area contributed by atoms with Gasteiger partial charge >= 0.3 is 6.18 Å². The fraction of sp³-hybridized carbons (Fsp3) is 0.0909. The highest BCUT2D eigenvalue weighted by atomic mass is 35.5. The molecule has 0 aliphatic heterocycles. The Kier molecular flexibility index (Phi) is 3.92. The molecule has 0 saturated carbocycles. The molecule has 0 bridgehead atoms. The van der Waals surface area contributed by atoms with Crippen molar-refractivity contribution in [1.29, 1.82) is 0 Å². The Hall–Kier alpha value is -1.73. The van der Waals surface area contributed by atoms with Crippen LogP contribution in [0.2, 0.25) is 10.3 Å². The van der Waals surface area contributed by atoms with Gasteiger partial charge in [-0.05, 0) is 29.8 Å². The molecule has 4 nitrogen and oxygen atoms in total. The van der Waals surface area contributed by atoms with Crippen LogP contribution in [0, 0.1) is 0 Å². The van der Waals surface area contributed by atoms with Gasteiger partial charge in [-0.25, -0.2) is 4.98 Å². The van der Waals surface area contributed by atoms with Crippen LogP contribution in [0.25, 0.3) is 0 Å². The zero-order valence-electron chi connectivity index (χ0n) is 9.67. The number of benzene rings is 1. The van der Waals surface area contributed by atoms with Gasteiger partial charge < -0.3 is 11.1 Å². The minimum atomic E-state index is -4.50. The van der Waals surface area contributed by atoms with Gasteiger partial charge in [-0.1, -0.05) is 11.6 Å². The van der Waals surface area contributed by atoms with Gasteiger partial charge in [0.2, 0.25) is 5.28 Å². The van der Waals surface area contributed by atoms with Gasteiger partial charge in [-0.3, -0.25) is 0 Å². The maximum Gasteiger partial charge on any atom is 0.416 e. The van der Waals surface area contributed by atoms with Crippen molar-refractivity contribution in [1.82, 2.24) is 9.97 Å². The van der Waals surface area contributed by atoms with Crippen LogP contribution in [0.5, 0.6) is 0 Å². The molecule has 2 aromatic rings. The normalized spacial score (nSPS) is 11.4. The summed E-state index contributed by atoms with van der Waals surface area (Å²) in [6, 6.07) is 3.02. The number of anilines is 3. The van der Waals surface area contributed by atoms with E-state index in [2.05, 4.69) is 15.3 Å². The highest BCUT2D eigenvalue weighted by Gasteiger charge is 2.31. The monoisotopic (exact) mass is 322 g/mol. The standard InChI is InChI=1S/C11H7Cl2F3N4/c12-6-1-5(11(14,15)16)2-7(3-6)19-9-8(17)4-18-10(13)20-9/h1-4H,17H2,(H,18,19,20). The molecule has 0 unspecified atom stereocenters. The van der Waals surface area contributed by atoms with Crippen LogP contribution in [0.15, 0.2) is 24.4 Å². The number of nitrogens with two attached hydrogens (primary N) is 1. The molecule has 9 heteroatoms. The molecule has 1 heterocycles. The van der Waals surface area contributed by atoms with E-state index in [-0.39, 0.29) is 27.5 Å². The van der Waals surface area contributed by atoms with Crippen molar-refractivity contribution in [3.8, 4) is 0 Å². The first-order chi connectivity index (χ1) is 9.25. The van der Waals surface area contributed by atoms with E-state index in [1.807, 2.05) is 0 Å². The van der Waals surface area contributed by atoms with Gasteiger partial charge in [0.15, 0.2) is 5.82 Å². The molecule has 1 aromatic carbocycles. The number of nitrogen functional groups attached to an aromatic ring is 1. The van der Waals surface area contributed by atoms with Crippen molar-refractivity contribution >= 4 is 40.4 Å². The zero-order valence-corrected chi connectivity index (χ0v) is 11.2. The van der Waals surface area contributed by atoms with Crippen LogP contribution in [-0.4, -0.2) is 9.97 Å². The van der Waals surface area contributed by atoms with Gasteiger partial charge in [0, 0.05) is 10.7 Å². The number of hydrogen-bond donors (Lipinski definition) is 2. The summed E-state index contributed by atoms with van der Waals surface area (Å²) < 4.78 is 38.0. The number of hydrogen-bond acceptors (Lipinski definition) is 4. The Morgan fingerprint density at radius 2 is 1.85 bits per heavy atom. The molecule has 0 atom stereocenters. The molecule has 0 radical (unpaired) electrons. The quantitative estimate of drug-likeness (QED) is 0.816. The summed E-state index contributed by atoms with van der Waals surface area (Å²) in [6.45, 7) is 0. The first-order valence-electron chi connectivity index (χ1n) is 5.18. The number of rotatable bonds is 2. The van der Waals surface area contributed by atoms with Crippen LogP contribution < -0.4 is 11.1 Å². The minimum Gasteiger partial charge on any atom is -0.394 e. The van der Waals surface area contributed by atoms with Gasteiger partial charge in [-0.15, -0.1) is 0 Å². The first-order valence-corrected chi connectivity index (χ1v) is 5.94. The number of aromatic nitrogens is 2. The molecule has 1 aromatic heterocycles. The number of halogens is 5. The van der Waals surface area contributed by atoms with Crippen LogP contribution in [0.3, 0.4) is 0 Å². The van der Waals surface area contributed by atoms with Crippen LogP contribution >= 0.6 is 23.2 Å². The summed E-state index contributed by atoms with van der Waals surface area (Å²) in [5, 5.41) is 2.47. The molecule has 2 rings (SSSR count). The van der Waals surface area contributed by atoms with Gasteiger partial charge in [-0.2, -0.15) is 18.2 Å². The molecule has 20 heavy (non-hydrogen) atoms. The molecular formula is C11H7Cl2F3N4. The van der Waals surface area contributed by atoms with Gasteiger partial charge in [0.05, 0.1) is 17.4 Å². The third kappa shape index (κ3) is 3.43. The predicted molar refractivity (Wildman–Crippen MR) is 71.2 cm³/mol. The molecule has 0 fully saturated rings. The molecule has 106 valence electrons. The molecular weight excluding hydrogens is 316 g/mol. The van der Waals surface area contributed by atoms with Gasteiger partial charge in [0.1, 0.15) is 0 Å². The summed E-state index contributed by atoms with van der Waals surface area (Å²) >= 11 is 11.3.